The highest BCUT2D eigenvalue weighted by Gasteiger charge is 2.03. The van der Waals surface area contributed by atoms with Crippen molar-refractivity contribution in [2.75, 3.05) is 0 Å². The van der Waals surface area contributed by atoms with Crippen molar-refractivity contribution in [3.8, 4) is 0 Å². The van der Waals surface area contributed by atoms with Crippen molar-refractivity contribution < 1.29 is 0 Å². The Bertz CT molecular complexity index is 201. The van der Waals surface area contributed by atoms with Crippen LogP contribution in [0.3, 0.4) is 0 Å². The minimum absolute atomic E-state index is 1.21. The highest BCUT2D eigenvalue weighted by Crippen LogP contribution is 2.25. The van der Waals surface area contributed by atoms with Crippen molar-refractivity contribution in [2.45, 2.75) is 51.9 Å². The summed E-state index contributed by atoms with van der Waals surface area (Å²) in [6.07, 6.45) is 13.8. The molecule has 0 bridgehead atoms. The van der Waals surface area contributed by atoms with E-state index in [1.807, 2.05) is 0 Å². The first-order chi connectivity index (χ1) is 6.33. The molecule has 0 fully saturated rings. The van der Waals surface area contributed by atoms with Gasteiger partial charge in [-0.15, -0.1) is 0 Å². The van der Waals surface area contributed by atoms with Gasteiger partial charge in [0.2, 0.25) is 0 Å². The topological polar surface area (TPSA) is 0 Å². The molecule has 0 unspecified atom stereocenters. The van der Waals surface area contributed by atoms with Gasteiger partial charge in [-0.25, -0.2) is 0 Å². The van der Waals surface area contributed by atoms with Crippen LogP contribution in [0.4, 0.5) is 0 Å². The molecule has 0 aliphatic heterocycles. The quantitative estimate of drug-likeness (QED) is 0.599. The number of hydrogen-bond acceptors (Lipinski definition) is 0. The van der Waals surface area contributed by atoms with E-state index in [-0.39, 0.29) is 0 Å². The molecule has 0 heterocycles. The summed E-state index contributed by atoms with van der Waals surface area (Å²) in [5.41, 5.74) is 1.64. The zero-order chi connectivity index (χ0) is 9.52. The average molecular weight is 243 g/mol. The van der Waals surface area contributed by atoms with Crippen molar-refractivity contribution in [2.24, 2.45) is 0 Å². The van der Waals surface area contributed by atoms with E-state index in [0.29, 0.717) is 0 Å². The Labute approximate surface area is 90.2 Å². The Kier molecular flexibility index (Phi) is 5.45. The smallest absolute Gasteiger partial charge is 0.00462 e. The lowest BCUT2D eigenvalue weighted by atomic mass is 9.99. The third kappa shape index (κ3) is 4.66. The second kappa shape index (κ2) is 6.42. The molecule has 0 atom stereocenters. The molecule has 1 heteroatoms. The maximum Gasteiger partial charge on any atom is -0.00462 e. The summed E-state index contributed by atoms with van der Waals surface area (Å²) in [5, 5.41) is 0. The van der Waals surface area contributed by atoms with Crippen LogP contribution in [0.1, 0.15) is 51.9 Å². The van der Waals surface area contributed by atoms with Crippen LogP contribution in [0.5, 0.6) is 0 Å². The van der Waals surface area contributed by atoms with E-state index >= 15 is 0 Å². The van der Waals surface area contributed by atoms with Crippen LogP contribution in [0, 0.1) is 0 Å². The zero-order valence-corrected chi connectivity index (χ0v) is 10.1. The third-order valence-corrected chi connectivity index (χ3v) is 3.20. The van der Waals surface area contributed by atoms with Gasteiger partial charge < -0.3 is 0 Å². The van der Waals surface area contributed by atoms with Gasteiger partial charge in [-0.3, -0.25) is 0 Å². The monoisotopic (exact) mass is 242 g/mol. The molecule has 0 aromatic heterocycles. The average Bonchev–Trinajstić information content (AvgIpc) is 2.15. The van der Waals surface area contributed by atoms with Gasteiger partial charge in [0, 0.05) is 0 Å². The Hall–Kier alpha value is -0.0400. The van der Waals surface area contributed by atoms with Gasteiger partial charge in [0.05, 0.1) is 0 Å². The number of allylic oxidation sites excluding steroid dienone is 4. The third-order valence-electron chi connectivity index (χ3n) is 2.54. The second-order valence-corrected chi connectivity index (χ2v) is 4.77. The molecule has 1 aliphatic rings. The van der Waals surface area contributed by atoms with E-state index in [1.54, 1.807) is 5.57 Å². The molecule has 13 heavy (non-hydrogen) atoms. The highest BCUT2D eigenvalue weighted by molar-refractivity contribution is 9.11. The maximum absolute atomic E-state index is 3.53. The number of hydrogen-bond donors (Lipinski definition) is 0. The predicted molar refractivity (Wildman–Crippen MR) is 63.1 cm³/mol. The minimum Gasteiger partial charge on any atom is -0.0698 e. The Balaban J connectivity index is 2.15. The van der Waals surface area contributed by atoms with Crippen molar-refractivity contribution in [3.63, 3.8) is 0 Å². The summed E-state index contributed by atoms with van der Waals surface area (Å²) in [6, 6.07) is 0. The fraction of sp³-hybridized carbons (Fsp3) is 0.667. The van der Waals surface area contributed by atoms with Gasteiger partial charge in [-0.05, 0) is 30.2 Å². The molecule has 1 rings (SSSR count). The van der Waals surface area contributed by atoms with Crippen molar-refractivity contribution in [3.05, 3.63) is 22.2 Å². The van der Waals surface area contributed by atoms with E-state index in [4.69, 9.17) is 0 Å². The molecule has 74 valence electrons. The summed E-state index contributed by atoms with van der Waals surface area (Å²) in [7, 11) is 0. The van der Waals surface area contributed by atoms with Crippen molar-refractivity contribution in [1.82, 2.24) is 0 Å². The number of unbranched alkanes of at least 4 members (excludes halogenated alkanes) is 3. The summed E-state index contributed by atoms with van der Waals surface area (Å²) in [6.45, 7) is 2.26. The lowest BCUT2D eigenvalue weighted by molar-refractivity contribution is 0.653. The van der Waals surface area contributed by atoms with Gasteiger partial charge in [-0.2, -0.15) is 0 Å². The number of halogens is 1. The van der Waals surface area contributed by atoms with Gasteiger partial charge in [0.1, 0.15) is 0 Å². The lowest BCUT2D eigenvalue weighted by Crippen LogP contribution is -1.90. The molecule has 0 N–H and O–H groups in total. The fourth-order valence-electron chi connectivity index (χ4n) is 1.64. The molecule has 0 aromatic carbocycles. The molecule has 0 saturated carbocycles. The molecule has 0 aromatic rings. The predicted octanol–water partition coefficient (Wildman–Crippen LogP) is 4.96. The Morgan fingerprint density at radius 3 is 2.62 bits per heavy atom. The first-order valence-corrected chi connectivity index (χ1v) is 6.16. The summed E-state index contributed by atoms with van der Waals surface area (Å²) < 4.78 is 1.35. The Morgan fingerprint density at radius 1 is 1.15 bits per heavy atom. The van der Waals surface area contributed by atoms with Crippen LogP contribution in [-0.4, -0.2) is 0 Å². The largest absolute Gasteiger partial charge is 0.0698 e. The van der Waals surface area contributed by atoms with E-state index < -0.39 is 0 Å². The first kappa shape index (κ1) is 11.0. The van der Waals surface area contributed by atoms with E-state index in [2.05, 4.69) is 35.0 Å². The molecular weight excluding hydrogens is 224 g/mol. The summed E-state index contributed by atoms with van der Waals surface area (Å²) in [5.74, 6) is 0. The van der Waals surface area contributed by atoms with Crippen LogP contribution in [0.25, 0.3) is 0 Å². The van der Waals surface area contributed by atoms with Crippen LogP contribution >= 0.6 is 15.9 Å². The van der Waals surface area contributed by atoms with Gasteiger partial charge >= 0.3 is 0 Å². The molecule has 0 amide bonds. The van der Waals surface area contributed by atoms with Crippen LogP contribution < -0.4 is 0 Å². The van der Waals surface area contributed by atoms with Crippen LogP contribution in [0.15, 0.2) is 22.2 Å². The maximum atomic E-state index is 3.53. The van der Waals surface area contributed by atoms with E-state index in [0.717, 1.165) is 0 Å². The van der Waals surface area contributed by atoms with Gasteiger partial charge in [0.25, 0.3) is 0 Å². The van der Waals surface area contributed by atoms with Crippen molar-refractivity contribution in [1.29, 1.82) is 0 Å². The standard InChI is InChI=1S/C12H19Br/c1-2-3-4-5-6-11-7-9-12(13)10-8-11/h7,9H,2-6,8,10H2,1H3. The Morgan fingerprint density at radius 2 is 2.00 bits per heavy atom. The molecule has 0 radical (unpaired) electrons. The SMILES string of the molecule is CCCCCCC1=CC=C(Br)CC1. The van der Waals surface area contributed by atoms with Crippen molar-refractivity contribution >= 4 is 15.9 Å². The lowest BCUT2D eigenvalue weighted by Gasteiger charge is -2.10. The van der Waals surface area contributed by atoms with Gasteiger partial charge in [0.15, 0.2) is 0 Å². The van der Waals surface area contributed by atoms with Crippen LogP contribution in [-0.2, 0) is 0 Å². The molecular formula is C12H19Br. The fourth-order valence-corrected chi connectivity index (χ4v) is 1.97. The second-order valence-electron chi connectivity index (χ2n) is 3.75. The van der Waals surface area contributed by atoms with Gasteiger partial charge in [-0.1, -0.05) is 59.8 Å². The molecule has 0 saturated heterocycles. The number of rotatable bonds is 5. The summed E-state index contributed by atoms with van der Waals surface area (Å²) in [4.78, 5) is 0. The summed E-state index contributed by atoms with van der Waals surface area (Å²) >= 11 is 3.53. The van der Waals surface area contributed by atoms with Crippen LogP contribution in [0.2, 0.25) is 0 Å². The normalized spacial score (nSPS) is 16.8. The van der Waals surface area contributed by atoms with E-state index in [1.165, 1.54) is 49.4 Å². The minimum atomic E-state index is 1.21. The molecule has 1 aliphatic carbocycles. The first-order valence-electron chi connectivity index (χ1n) is 5.37. The molecule has 0 spiro atoms. The highest BCUT2D eigenvalue weighted by atomic mass is 79.9. The molecule has 0 nitrogen and oxygen atoms in total. The zero-order valence-electron chi connectivity index (χ0n) is 8.48. The van der Waals surface area contributed by atoms with E-state index in [9.17, 15) is 0 Å².